The third-order valence-corrected chi connectivity index (χ3v) is 5.77. The lowest BCUT2D eigenvalue weighted by molar-refractivity contribution is -0.552. The molecule has 0 fully saturated rings. The topological polar surface area (TPSA) is 66.1 Å². The van der Waals surface area contributed by atoms with Crippen molar-refractivity contribution in [2.75, 3.05) is 5.32 Å². The number of carbonyl (C=O) groups excluding carboxylic acids is 1. The van der Waals surface area contributed by atoms with Gasteiger partial charge in [-0.25, -0.2) is 9.78 Å². The lowest BCUT2D eigenvalue weighted by atomic mass is 10.0. The Kier molecular flexibility index (Phi) is 5.48. The summed E-state index contributed by atoms with van der Waals surface area (Å²) in [6.45, 7) is -0.0135. The van der Waals surface area contributed by atoms with Crippen LogP contribution in [-0.2, 0) is 19.4 Å². The van der Waals surface area contributed by atoms with Gasteiger partial charge in [0, 0.05) is 18.4 Å². The van der Waals surface area contributed by atoms with Crippen molar-refractivity contribution in [1.29, 1.82) is 0 Å². The second-order valence-electron chi connectivity index (χ2n) is 8.04. The molecule has 4 aromatic rings. The molecule has 3 aromatic carbocycles. The van der Waals surface area contributed by atoms with E-state index in [9.17, 15) is 9.90 Å². The van der Waals surface area contributed by atoms with E-state index in [1.807, 2.05) is 79.0 Å². The minimum absolute atomic E-state index is 0.00305. The molecule has 2 heterocycles. The molecule has 0 radical (unpaired) electrons. The van der Waals surface area contributed by atoms with Gasteiger partial charge in [-0.3, -0.25) is 5.32 Å². The van der Waals surface area contributed by atoms with E-state index in [0.717, 1.165) is 39.5 Å². The fourth-order valence-corrected chi connectivity index (χ4v) is 4.16. The third kappa shape index (κ3) is 4.03. The van der Waals surface area contributed by atoms with Crippen molar-refractivity contribution < 1.29 is 14.5 Å². The molecule has 0 bridgehead atoms. The maximum atomic E-state index is 13.4. The maximum Gasteiger partial charge on any atom is 0.359 e. The molecule has 1 atom stereocenters. The second-order valence-corrected chi connectivity index (χ2v) is 8.04. The number of nitrogens with one attached hydrogen (secondary N) is 1. The Hall–Kier alpha value is -3.83. The SMILES string of the molecule is O=C1C(Cc2cccc(CO)c2)Nc2c(Cc3ccccc3)nc(-c3ccccc3)c[n+]21. The number of aliphatic hydroxyl groups excluding tert-OH is 1. The summed E-state index contributed by atoms with van der Waals surface area (Å²) in [7, 11) is 0. The fourth-order valence-electron chi connectivity index (χ4n) is 4.16. The largest absolute Gasteiger partial charge is 0.392 e. The van der Waals surface area contributed by atoms with Crippen molar-refractivity contribution in [2.24, 2.45) is 0 Å². The average Bonchev–Trinajstić information content (AvgIpc) is 3.16. The predicted octanol–water partition coefficient (Wildman–Crippen LogP) is 3.80. The van der Waals surface area contributed by atoms with E-state index < -0.39 is 0 Å². The number of rotatable bonds is 6. The summed E-state index contributed by atoms with van der Waals surface area (Å²) in [6, 6.07) is 27.4. The summed E-state index contributed by atoms with van der Waals surface area (Å²) in [5, 5.41) is 12.9. The molecule has 0 saturated carbocycles. The summed E-state index contributed by atoms with van der Waals surface area (Å²) >= 11 is 0. The van der Waals surface area contributed by atoms with Gasteiger partial charge in [0.25, 0.3) is 0 Å². The normalized spacial score (nSPS) is 14.8. The number of carbonyl (C=O) groups is 1. The number of aliphatic hydroxyl groups is 1. The highest BCUT2D eigenvalue weighted by Gasteiger charge is 2.41. The van der Waals surface area contributed by atoms with Gasteiger partial charge in [-0.1, -0.05) is 84.9 Å². The van der Waals surface area contributed by atoms with Gasteiger partial charge >= 0.3 is 11.7 Å². The van der Waals surface area contributed by atoms with E-state index in [1.54, 1.807) is 4.57 Å². The van der Waals surface area contributed by atoms with E-state index in [2.05, 4.69) is 17.4 Å². The molecule has 158 valence electrons. The van der Waals surface area contributed by atoms with Gasteiger partial charge in [-0.15, -0.1) is 0 Å². The Morgan fingerprint density at radius 1 is 0.875 bits per heavy atom. The van der Waals surface area contributed by atoms with Gasteiger partial charge < -0.3 is 5.11 Å². The molecular formula is C27H24N3O2+. The van der Waals surface area contributed by atoms with Crippen LogP contribution in [0.15, 0.2) is 91.1 Å². The summed E-state index contributed by atoms with van der Waals surface area (Å²) < 4.78 is 1.72. The summed E-state index contributed by atoms with van der Waals surface area (Å²) in [5.74, 6) is 0.755. The zero-order valence-electron chi connectivity index (χ0n) is 17.6. The van der Waals surface area contributed by atoms with E-state index in [0.29, 0.717) is 12.8 Å². The number of hydrogen-bond donors (Lipinski definition) is 2. The summed E-state index contributed by atoms with van der Waals surface area (Å²) in [6.07, 6.45) is 3.00. The maximum absolute atomic E-state index is 13.4. The highest BCUT2D eigenvalue weighted by atomic mass is 16.3. The van der Waals surface area contributed by atoms with Crippen LogP contribution < -0.4 is 9.88 Å². The predicted molar refractivity (Wildman–Crippen MR) is 123 cm³/mol. The number of hydrogen-bond acceptors (Lipinski definition) is 4. The standard InChI is InChI=1S/C27H23N3O2/c31-18-21-11-7-10-20(14-21)16-24-27(32)30-17-25(22-12-5-2-6-13-22)28-23(26(30)29-24)15-19-8-3-1-4-9-19/h1-14,17,24,31H,15-16,18H2/p+1. The number of aromatic nitrogens is 2. The van der Waals surface area contributed by atoms with Crippen molar-refractivity contribution in [3.05, 3.63) is 114 Å². The quantitative estimate of drug-likeness (QED) is 0.464. The molecule has 0 saturated heterocycles. The molecular weight excluding hydrogens is 398 g/mol. The van der Waals surface area contributed by atoms with Crippen LogP contribution in [0, 0.1) is 0 Å². The van der Waals surface area contributed by atoms with Crippen LogP contribution in [0.4, 0.5) is 5.82 Å². The lowest BCUT2D eigenvalue weighted by Crippen LogP contribution is -2.44. The Morgan fingerprint density at radius 3 is 2.31 bits per heavy atom. The Bertz CT molecular complexity index is 1260. The van der Waals surface area contributed by atoms with E-state index in [-0.39, 0.29) is 18.6 Å². The monoisotopic (exact) mass is 422 g/mol. The first kappa shape index (κ1) is 20.1. The number of nitrogens with zero attached hydrogens (tertiary/aromatic N) is 2. The van der Waals surface area contributed by atoms with Crippen molar-refractivity contribution in [3.8, 4) is 11.3 Å². The molecule has 5 heteroatoms. The Balaban J connectivity index is 1.52. The van der Waals surface area contributed by atoms with Crippen LogP contribution >= 0.6 is 0 Å². The van der Waals surface area contributed by atoms with Crippen LogP contribution in [0.25, 0.3) is 11.3 Å². The summed E-state index contributed by atoms with van der Waals surface area (Å²) in [4.78, 5) is 18.3. The molecule has 5 rings (SSSR count). The van der Waals surface area contributed by atoms with Gasteiger partial charge in [-0.2, -0.15) is 4.57 Å². The molecule has 32 heavy (non-hydrogen) atoms. The summed E-state index contributed by atoms with van der Waals surface area (Å²) in [5.41, 5.74) is 5.59. The van der Waals surface area contributed by atoms with Crippen LogP contribution in [0.5, 0.6) is 0 Å². The van der Waals surface area contributed by atoms with E-state index in [4.69, 9.17) is 4.98 Å². The van der Waals surface area contributed by atoms with E-state index in [1.165, 1.54) is 0 Å². The van der Waals surface area contributed by atoms with Gasteiger partial charge in [0.15, 0.2) is 6.04 Å². The van der Waals surface area contributed by atoms with Crippen LogP contribution in [0.3, 0.4) is 0 Å². The first-order valence-electron chi connectivity index (χ1n) is 10.8. The zero-order valence-corrected chi connectivity index (χ0v) is 17.6. The van der Waals surface area contributed by atoms with Crippen LogP contribution in [0.2, 0.25) is 0 Å². The third-order valence-electron chi connectivity index (χ3n) is 5.77. The number of benzene rings is 3. The first-order chi connectivity index (χ1) is 15.7. The van der Waals surface area contributed by atoms with Crippen LogP contribution in [0.1, 0.15) is 27.2 Å². The van der Waals surface area contributed by atoms with Gasteiger partial charge in [0.1, 0.15) is 17.6 Å². The van der Waals surface area contributed by atoms with Gasteiger partial charge in [0.2, 0.25) is 0 Å². The van der Waals surface area contributed by atoms with Gasteiger partial charge in [0.05, 0.1) is 6.61 Å². The van der Waals surface area contributed by atoms with E-state index >= 15 is 0 Å². The van der Waals surface area contributed by atoms with Crippen LogP contribution in [-0.4, -0.2) is 22.0 Å². The average molecular weight is 423 g/mol. The minimum Gasteiger partial charge on any atom is -0.392 e. The molecule has 0 amide bonds. The Labute approximate surface area is 187 Å². The minimum atomic E-state index is -0.383. The lowest BCUT2D eigenvalue weighted by Gasteiger charge is -2.07. The molecule has 0 spiro atoms. The molecule has 2 N–H and O–H groups in total. The van der Waals surface area contributed by atoms with Crippen molar-refractivity contribution in [2.45, 2.75) is 25.5 Å². The highest BCUT2D eigenvalue weighted by molar-refractivity contribution is 5.82. The highest BCUT2D eigenvalue weighted by Crippen LogP contribution is 2.25. The Morgan fingerprint density at radius 2 is 1.56 bits per heavy atom. The van der Waals surface area contributed by atoms with Crippen molar-refractivity contribution in [1.82, 2.24) is 4.98 Å². The number of anilines is 1. The molecule has 1 unspecified atom stereocenters. The smallest absolute Gasteiger partial charge is 0.359 e. The number of fused-ring (bicyclic) bond motifs is 1. The zero-order chi connectivity index (χ0) is 21.9. The van der Waals surface area contributed by atoms with Crippen molar-refractivity contribution >= 4 is 11.7 Å². The molecule has 0 aliphatic carbocycles. The molecule has 5 nitrogen and oxygen atoms in total. The fraction of sp³-hybridized carbons (Fsp3) is 0.148. The van der Waals surface area contributed by atoms with Crippen molar-refractivity contribution in [3.63, 3.8) is 0 Å². The van der Waals surface area contributed by atoms with Gasteiger partial charge in [-0.05, 0) is 16.7 Å². The molecule has 1 aromatic heterocycles. The first-order valence-corrected chi connectivity index (χ1v) is 10.8. The molecule has 1 aliphatic heterocycles. The molecule has 1 aliphatic rings. The second kappa shape index (κ2) is 8.73.